The van der Waals surface area contributed by atoms with E-state index in [4.69, 9.17) is 4.52 Å². The van der Waals surface area contributed by atoms with Gasteiger partial charge in [0.05, 0.1) is 12.1 Å². The minimum absolute atomic E-state index is 0.0657. The number of para-hydroxylation sites is 1. The van der Waals surface area contributed by atoms with Crippen molar-refractivity contribution < 1.29 is 9.32 Å². The highest BCUT2D eigenvalue weighted by Gasteiger charge is 2.23. The van der Waals surface area contributed by atoms with Gasteiger partial charge in [-0.25, -0.2) is 0 Å². The molecule has 0 spiro atoms. The SMILES string of the molecule is Cc1ccc(-c2cc(CC(=O)N3CCCc4ccccc43)no2)cc1. The van der Waals surface area contributed by atoms with Gasteiger partial charge < -0.3 is 9.42 Å². The molecule has 0 bridgehead atoms. The van der Waals surface area contributed by atoms with Gasteiger partial charge in [0.2, 0.25) is 5.91 Å². The van der Waals surface area contributed by atoms with Crippen molar-refractivity contribution >= 4 is 11.6 Å². The molecule has 0 radical (unpaired) electrons. The molecule has 0 saturated carbocycles. The predicted molar refractivity (Wildman–Crippen MR) is 97.5 cm³/mol. The average Bonchev–Trinajstić information content (AvgIpc) is 3.10. The first kappa shape index (κ1) is 15.6. The fourth-order valence-corrected chi connectivity index (χ4v) is 3.29. The van der Waals surface area contributed by atoms with Gasteiger partial charge >= 0.3 is 0 Å². The number of aromatic nitrogens is 1. The van der Waals surface area contributed by atoms with Crippen molar-refractivity contribution in [2.24, 2.45) is 0 Å². The van der Waals surface area contributed by atoms with Crippen molar-refractivity contribution in [1.29, 1.82) is 0 Å². The number of nitrogens with zero attached hydrogens (tertiary/aromatic N) is 2. The lowest BCUT2D eigenvalue weighted by atomic mass is 10.0. The van der Waals surface area contributed by atoms with Crippen molar-refractivity contribution in [1.82, 2.24) is 5.16 Å². The molecule has 0 saturated heterocycles. The molecule has 3 aromatic rings. The lowest BCUT2D eigenvalue weighted by Gasteiger charge is -2.29. The van der Waals surface area contributed by atoms with Gasteiger partial charge in [0.25, 0.3) is 0 Å². The summed E-state index contributed by atoms with van der Waals surface area (Å²) in [5.74, 6) is 0.762. The number of carbonyl (C=O) groups is 1. The number of anilines is 1. The molecule has 126 valence electrons. The highest BCUT2D eigenvalue weighted by molar-refractivity contribution is 5.95. The summed E-state index contributed by atoms with van der Waals surface area (Å²) in [6, 6.07) is 18.1. The zero-order valence-electron chi connectivity index (χ0n) is 14.2. The van der Waals surface area contributed by atoms with Crippen LogP contribution in [0.5, 0.6) is 0 Å². The van der Waals surface area contributed by atoms with Crippen LogP contribution in [0.1, 0.15) is 23.2 Å². The number of fused-ring (bicyclic) bond motifs is 1. The standard InChI is InChI=1S/C21H20N2O2/c1-15-8-10-17(11-9-15)20-13-18(22-25-20)14-21(24)23-12-4-6-16-5-2-3-7-19(16)23/h2-3,5,7-11,13H,4,6,12,14H2,1H3. The van der Waals surface area contributed by atoms with E-state index in [1.807, 2.05) is 60.4 Å². The van der Waals surface area contributed by atoms with Gasteiger partial charge in [-0.15, -0.1) is 0 Å². The molecule has 1 amide bonds. The van der Waals surface area contributed by atoms with Crippen molar-refractivity contribution in [2.75, 3.05) is 11.4 Å². The van der Waals surface area contributed by atoms with E-state index in [9.17, 15) is 4.79 Å². The maximum Gasteiger partial charge on any atom is 0.233 e. The van der Waals surface area contributed by atoms with E-state index in [1.165, 1.54) is 11.1 Å². The second-order valence-electron chi connectivity index (χ2n) is 6.50. The van der Waals surface area contributed by atoms with E-state index in [-0.39, 0.29) is 12.3 Å². The molecular formula is C21H20N2O2. The second kappa shape index (κ2) is 6.55. The Labute approximate surface area is 147 Å². The average molecular weight is 332 g/mol. The molecule has 0 aliphatic carbocycles. The van der Waals surface area contributed by atoms with Crippen LogP contribution in [0.25, 0.3) is 11.3 Å². The fourth-order valence-electron chi connectivity index (χ4n) is 3.29. The predicted octanol–water partition coefficient (Wildman–Crippen LogP) is 4.17. The first-order valence-electron chi connectivity index (χ1n) is 8.61. The highest BCUT2D eigenvalue weighted by Crippen LogP contribution is 2.27. The number of hydrogen-bond acceptors (Lipinski definition) is 3. The summed E-state index contributed by atoms with van der Waals surface area (Å²) in [6.07, 6.45) is 2.28. The summed E-state index contributed by atoms with van der Waals surface area (Å²) >= 11 is 0. The third-order valence-corrected chi connectivity index (χ3v) is 4.64. The van der Waals surface area contributed by atoms with Crippen LogP contribution in [-0.4, -0.2) is 17.6 Å². The zero-order chi connectivity index (χ0) is 17.2. The van der Waals surface area contributed by atoms with Gasteiger partial charge in [-0.2, -0.15) is 0 Å². The minimum atomic E-state index is 0.0657. The fraction of sp³-hybridized carbons (Fsp3) is 0.238. The Morgan fingerprint density at radius 1 is 1.16 bits per heavy atom. The highest BCUT2D eigenvalue weighted by atomic mass is 16.5. The number of amides is 1. The smallest absolute Gasteiger partial charge is 0.233 e. The van der Waals surface area contributed by atoms with Crippen molar-refractivity contribution in [3.63, 3.8) is 0 Å². The van der Waals surface area contributed by atoms with Crippen LogP contribution in [0.3, 0.4) is 0 Å². The third-order valence-electron chi connectivity index (χ3n) is 4.64. The molecule has 25 heavy (non-hydrogen) atoms. The largest absolute Gasteiger partial charge is 0.356 e. The van der Waals surface area contributed by atoms with Crippen molar-refractivity contribution in [3.05, 3.63) is 71.4 Å². The van der Waals surface area contributed by atoms with Crippen LogP contribution in [0.4, 0.5) is 5.69 Å². The Kier molecular flexibility index (Phi) is 4.10. The summed E-state index contributed by atoms with van der Waals surface area (Å²) in [4.78, 5) is 14.6. The molecule has 4 heteroatoms. The van der Waals surface area contributed by atoms with Crippen molar-refractivity contribution in [3.8, 4) is 11.3 Å². The maximum absolute atomic E-state index is 12.8. The van der Waals surface area contributed by atoms with Gasteiger partial charge in [-0.05, 0) is 31.4 Å². The Morgan fingerprint density at radius 2 is 1.96 bits per heavy atom. The minimum Gasteiger partial charge on any atom is -0.356 e. The number of aryl methyl sites for hydroxylation is 2. The number of rotatable bonds is 3. The molecule has 1 aromatic heterocycles. The first-order valence-corrected chi connectivity index (χ1v) is 8.61. The van der Waals surface area contributed by atoms with E-state index in [0.29, 0.717) is 11.5 Å². The summed E-state index contributed by atoms with van der Waals surface area (Å²) in [5.41, 5.74) is 5.11. The molecular weight excluding hydrogens is 312 g/mol. The Bertz CT molecular complexity index is 896. The molecule has 0 N–H and O–H groups in total. The summed E-state index contributed by atoms with van der Waals surface area (Å²) < 4.78 is 5.43. The summed E-state index contributed by atoms with van der Waals surface area (Å²) in [7, 11) is 0. The number of carbonyl (C=O) groups excluding carboxylic acids is 1. The van der Waals surface area contributed by atoms with Crippen LogP contribution in [0, 0.1) is 6.92 Å². The summed E-state index contributed by atoms with van der Waals surface area (Å²) in [5, 5.41) is 4.08. The molecule has 4 nitrogen and oxygen atoms in total. The third kappa shape index (κ3) is 3.20. The lowest BCUT2D eigenvalue weighted by Crippen LogP contribution is -2.36. The lowest BCUT2D eigenvalue weighted by molar-refractivity contribution is -0.118. The molecule has 0 atom stereocenters. The van der Waals surface area contributed by atoms with Gasteiger partial charge in [-0.1, -0.05) is 53.2 Å². The molecule has 2 aromatic carbocycles. The van der Waals surface area contributed by atoms with E-state index in [1.54, 1.807) is 0 Å². The van der Waals surface area contributed by atoms with Crippen LogP contribution in [0.2, 0.25) is 0 Å². The normalized spacial score (nSPS) is 13.6. The van der Waals surface area contributed by atoms with E-state index in [0.717, 1.165) is 30.6 Å². The molecule has 2 heterocycles. The quantitative estimate of drug-likeness (QED) is 0.723. The van der Waals surface area contributed by atoms with Crippen LogP contribution >= 0.6 is 0 Å². The number of benzene rings is 2. The van der Waals surface area contributed by atoms with Gasteiger partial charge in [-0.3, -0.25) is 4.79 Å². The Balaban J connectivity index is 1.52. The van der Waals surface area contributed by atoms with Gasteiger partial charge in [0.15, 0.2) is 5.76 Å². The summed E-state index contributed by atoms with van der Waals surface area (Å²) in [6.45, 7) is 2.81. The van der Waals surface area contributed by atoms with E-state index >= 15 is 0 Å². The first-order chi connectivity index (χ1) is 12.2. The molecule has 0 fully saturated rings. The Hall–Kier alpha value is -2.88. The topological polar surface area (TPSA) is 46.3 Å². The van der Waals surface area contributed by atoms with E-state index in [2.05, 4.69) is 11.2 Å². The van der Waals surface area contributed by atoms with Crippen molar-refractivity contribution in [2.45, 2.75) is 26.2 Å². The molecule has 4 rings (SSSR count). The maximum atomic E-state index is 12.8. The molecule has 0 unspecified atom stereocenters. The van der Waals surface area contributed by atoms with Crippen LogP contribution in [-0.2, 0) is 17.6 Å². The molecule has 1 aliphatic heterocycles. The van der Waals surface area contributed by atoms with Crippen LogP contribution < -0.4 is 4.90 Å². The monoisotopic (exact) mass is 332 g/mol. The van der Waals surface area contributed by atoms with E-state index < -0.39 is 0 Å². The zero-order valence-corrected chi connectivity index (χ0v) is 14.2. The van der Waals surface area contributed by atoms with Gasteiger partial charge in [0.1, 0.15) is 0 Å². The van der Waals surface area contributed by atoms with Gasteiger partial charge in [0, 0.05) is 23.9 Å². The van der Waals surface area contributed by atoms with Crippen LogP contribution in [0.15, 0.2) is 59.1 Å². The molecule has 1 aliphatic rings. The second-order valence-corrected chi connectivity index (χ2v) is 6.50. The number of hydrogen-bond donors (Lipinski definition) is 0. The Morgan fingerprint density at radius 3 is 2.80 bits per heavy atom.